The van der Waals surface area contributed by atoms with Crippen LogP contribution in [0.25, 0.3) is 0 Å². The Labute approximate surface area is 179 Å². The number of carbonyl (C=O) groups is 1. The van der Waals surface area contributed by atoms with Gasteiger partial charge in [0.25, 0.3) is 0 Å². The Hall–Kier alpha value is -1.07. The molecule has 0 amide bonds. The predicted molar refractivity (Wildman–Crippen MR) is 102 cm³/mol. The van der Waals surface area contributed by atoms with E-state index in [4.69, 9.17) is 0 Å². The van der Waals surface area contributed by atoms with Crippen LogP contribution in [0.1, 0.15) is 78.1 Å². The molecule has 0 bridgehead atoms. The molecule has 141 valence electrons. The number of methoxy groups -OCH3 is 1. The van der Waals surface area contributed by atoms with E-state index < -0.39 is 5.97 Å². The molecule has 0 fully saturated rings. The Morgan fingerprint density at radius 1 is 1.08 bits per heavy atom. The molecule has 0 spiro atoms. The van der Waals surface area contributed by atoms with Crippen LogP contribution in [0.15, 0.2) is 36.7 Å². The van der Waals surface area contributed by atoms with Crippen molar-refractivity contribution in [1.82, 2.24) is 14.8 Å². The molecular formula is C19H35N3O2Y. The molecule has 0 aliphatic carbocycles. The van der Waals surface area contributed by atoms with Gasteiger partial charge in [0.2, 0.25) is 0 Å². The maximum absolute atomic E-state index is 11.0. The van der Waals surface area contributed by atoms with Crippen LogP contribution in [-0.2, 0) is 37.4 Å². The van der Waals surface area contributed by atoms with Gasteiger partial charge in [0.15, 0.2) is 5.69 Å². The van der Waals surface area contributed by atoms with Crippen molar-refractivity contribution in [3.05, 3.63) is 48.0 Å². The van der Waals surface area contributed by atoms with E-state index in [1.54, 1.807) is 16.9 Å². The van der Waals surface area contributed by atoms with Crippen LogP contribution in [0, 0.1) is 0 Å². The Morgan fingerprint density at radius 2 is 1.68 bits per heavy atom. The molecule has 0 saturated heterocycles. The zero-order valence-electron chi connectivity index (χ0n) is 13.9. The van der Waals surface area contributed by atoms with Crippen molar-refractivity contribution < 1.29 is 42.2 Å². The van der Waals surface area contributed by atoms with Crippen molar-refractivity contribution in [1.29, 1.82) is 0 Å². The van der Waals surface area contributed by atoms with Crippen LogP contribution >= 0.6 is 0 Å². The summed E-state index contributed by atoms with van der Waals surface area (Å²) in [7, 11) is 1.34. The Bertz CT molecular complexity index is 555. The molecule has 1 radical (unpaired) electrons. The Balaban J connectivity index is -0.000000156. The third kappa shape index (κ3) is 11.2. The number of rotatable bonds is 3. The van der Waals surface area contributed by atoms with Gasteiger partial charge in [-0.25, -0.2) is 4.79 Å². The van der Waals surface area contributed by atoms with E-state index in [1.807, 2.05) is 38.2 Å². The first kappa shape index (κ1) is 31.7. The molecule has 0 saturated carbocycles. The van der Waals surface area contributed by atoms with Gasteiger partial charge in [-0.3, -0.25) is 9.67 Å². The van der Waals surface area contributed by atoms with E-state index in [2.05, 4.69) is 28.7 Å². The monoisotopic (exact) mass is 426 g/mol. The van der Waals surface area contributed by atoms with E-state index in [1.165, 1.54) is 7.11 Å². The maximum Gasteiger partial charge on any atom is 0.358 e. The van der Waals surface area contributed by atoms with Crippen molar-refractivity contribution in [3.63, 3.8) is 0 Å². The van der Waals surface area contributed by atoms with Crippen molar-refractivity contribution >= 4 is 5.97 Å². The first-order valence-corrected chi connectivity index (χ1v) is 7.00. The summed E-state index contributed by atoms with van der Waals surface area (Å²) >= 11 is 0. The summed E-state index contributed by atoms with van der Waals surface area (Å²) in [6.07, 6.45) is 3.59. The van der Waals surface area contributed by atoms with Gasteiger partial charge in [-0.15, -0.1) is 0 Å². The number of ether oxygens (including phenoxy) is 1. The second-order valence-corrected chi connectivity index (χ2v) is 5.18. The predicted octanol–water partition coefficient (Wildman–Crippen LogP) is 5.36. The average Bonchev–Trinajstić information content (AvgIpc) is 2.98. The first-order valence-electron chi connectivity index (χ1n) is 7.00. The number of pyridine rings is 1. The Morgan fingerprint density at radius 3 is 2.00 bits per heavy atom. The van der Waals surface area contributed by atoms with E-state index in [0.29, 0.717) is 11.6 Å². The summed E-state index contributed by atoms with van der Waals surface area (Å²) in [5.41, 5.74) is 1.52. The van der Waals surface area contributed by atoms with Gasteiger partial charge in [-0.1, -0.05) is 42.2 Å². The molecule has 0 aliphatic heterocycles. The number of nitrogens with zero attached hydrogens (tertiary/aromatic N) is 3. The third-order valence-electron chi connectivity index (χ3n) is 2.81. The SMILES string of the molecule is C.C.C.CC(C)c1ccccn1.COC(=O)c1ccn(C(C)C)n1.[Y]. The largest absolute Gasteiger partial charge is 0.464 e. The van der Waals surface area contributed by atoms with Crippen LogP contribution < -0.4 is 0 Å². The maximum atomic E-state index is 11.0. The minimum atomic E-state index is -0.394. The van der Waals surface area contributed by atoms with Gasteiger partial charge in [-0.2, -0.15) is 5.10 Å². The molecular weight excluding hydrogens is 391 g/mol. The minimum absolute atomic E-state index is 0. The molecule has 25 heavy (non-hydrogen) atoms. The number of carbonyl (C=O) groups excluding carboxylic acids is 1. The zero-order chi connectivity index (χ0) is 15.8. The molecule has 0 N–H and O–H groups in total. The normalized spacial score (nSPS) is 8.60. The quantitative estimate of drug-likeness (QED) is 0.620. The van der Waals surface area contributed by atoms with Crippen LogP contribution in [0.4, 0.5) is 0 Å². The summed E-state index contributed by atoms with van der Waals surface area (Å²) in [6, 6.07) is 7.91. The third-order valence-corrected chi connectivity index (χ3v) is 2.81. The number of hydrogen-bond donors (Lipinski definition) is 0. The molecule has 0 aromatic carbocycles. The summed E-state index contributed by atoms with van der Waals surface area (Å²) in [4.78, 5) is 15.1. The topological polar surface area (TPSA) is 57.0 Å². The second kappa shape index (κ2) is 16.4. The second-order valence-electron chi connectivity index (χ2n) is 5.18. The minimum Gasteiger partial charge on any atom is -0.464 e. The van der Waals surface area contributed by atoms with E-state index >= 15 is 0 Å². The summed E-state index contributed by atoms with van der Waals surface area (Å²) in [5.74, 6) is 0.153. The molecule has 5 nitrogen and oxygen atoms in total. The van der Waals surface area contributed by atoms with Crippen molar-refractivity contribution in [3.8, 4) is 0 Å². The molecule has 2 rings (SSSR count). The van der Waals surface area contributed by atoms with E-state index in [9.17, 15) is 4.79 Å². The van der Waals surface area contributed by atoms with Gasteiger partial charge >= 0.3 is 5.97 Å². The molecule has 2 aromatic rings. The van der Waals surface area contributed by atoms with Gasteiger partial charge in [0.05, 0.1) is 7.11 Å². The van der Waals surface area contributed by atoms with Gasteiger partial charge < -0.3 is 4.74 Å². The van der Waals surface area contributed by atoms with Gasteiger partial charge in [-0.05, 0) is 38.0 Å². The fourth-order valence-corrected chi connectivity index (χ4v) is 1.56. The summed E-state index contributed by atoms with van der Waals surface area (Å²) in [5, 5.41) is 4.02. The Kier molecular flexibility index (Phi) is 20.8. The smallest absolute Gasteiger partial charge is 0.358 e. The molecule has 2 heterocycles. The van der Waals surface area contributed by atoms with Crippen LogP contribution in [0.2, 0.25) is 0 Å². The molecule has 6 heteroatoms. The van der Waals surface area contributed by atoms with Crippen LogP contribution in [-0.4, -0.2) is 27.8 Å². The van der Waals surface area contributed by atoms with Crippen molar-refractivity contribution in [2.45, 2.75) is 61.9 Å². The summed E-state index contributed by atoms with van der Waals surface area (Å²) in [6.45, 7) is 8.27. The number of esters is 1. The van der Waals surface area contributed by atoms with Gasteiger partial charge in [0, 0.05) is 56.8 Å². The van der Waals surface area contributed by atoms with E-state index in [0.717, 1.165) is 5.69 Å². The molecule has 0 aliphatic rings. The van der Waals surface area contributed by atoms with Crippen LogP contribution in [0.5, 0.6) is 0 Å². The molecule has 2 aromatic heterocycles. The van der Waals surface area contributed by atoms with Crippen molar-refractivity contribution in [2.75, 3.05) is 7.11 Å². The van der Waals surface area contributed by atoms with E-state index in [-0.39, 0.29) is 61.0 Å². The fraction of sp³-hybridized carbons (Fsp3) is 0.526. The van der Waals surface area contributed by atoms with Crippen LogP contribution in [0.3, 0.4) is 0 Å². The van der Waals surface area contributed by atoms with Crippen molar-refractivity contribution in [2.24, 2.45) is 0 Å². The first-order chi connectivity index (χ1) is 9.95. The van der Waals surface area contributed by atoms with Gasteiger partial charge in [0.1, 0.15) is 0 Å². The zero-order valence-corrected chi connectivity index (χ0v) is 16.7. The number of aromatic nitrogens is 3. The number of hydrogen-bond acceptors (Lipinski definition) is 4. The molecule has 0 unspecified atom stereocenters. The molecule has 0 atom stereocenters. The summed E-state index contributed by atoms with van der Waals surface area (Å²) < 4.78 is 6.23. The average molecular weight is 426 g/mol. The fourth-order valence-electron chi connectivity index (χ4n) is 1.56. The standard InChI is InChI=1S/C8H12N2O2.C8H11N.3CH4.Y/c1-6(2)10-5-4-7(9-10)8(11)12-3;1-7(2)8-5-3-4-6-9-8;;;;/h4-6H,1-3H3;3-7H,1-2H3;3*1H4;.